The van der Waals surface area contributed by atoms with E-state index in [0.717, 1.165) is 5.39 Å². The Hall–Kier alpha value is -3.09. The summed E-state index contributed by atoms with van der Waals surface area (Å²) in [5.74, 6) is -1.04. The average molecular weight is 394 g/mol. The molecule has 5 nitrogen and oxygen atoms in total. The third-order valence-corrected chi connectivity index (χ3v) is 4.69. The highest BCUT2D eigenvalue weighted by Gasteiger charge is 2.34. The van der Waals surface area contributed by atoms with Gasteiger partial charge in [-0.25, -0.2) is 0 Å². The fourth-order valence-electron chi connectivity index (χ4n) is 2.88. The lowest BCUT2D eigenvalue weighted by Crippen LogP contribution is -2.54. The molecule has 2 aromatic carbocycles. The largest absolute Gasteiger partial charge is 0.298 e. The zero-order valence-electron chi connectivity index (χ0n) is 13.8. The van der Waals surface area contributed by atoms with E-state index in [0.29, 0.717) is 21.8 Å². The molecule has 0 aliphatic carbocycles. The number of anilines is 1. The van der Waals surface area contributed by atoms with Crippen molar-refractivity contribution in [1.29, 1.82) is 0 Å². The highest BCUT2D eigenvalue weighted by Crippen LogP contribution is 2.25. The van der Waals surface area contributed by atoms with E-state index in [1.807, 2.05) is 30.3 Å². The Bertz CT molecular complexity index is 1120. The monoisotopic (exact) mass is 393 g/mol. The predicted molar refractivity (Wildman–Crippen MR) is 109 cm³/mol. The standard InChI is InChI=1S/C20H12ClN3O2S/c21-14-6-8-15(9-7-14)24-19(26)16(18(25)23-20(24)27)11-13-4-1-3-12-5-2-10-22-17(12)13/h1-11H,(H,23,25,27)/b16-11-. The molecule has 3 aromatic rings. The molecule has 0 bridgehead atoms. The Kier molecular flexibility index (Phi) is 4.43. The molecule has 1 N–H and O–H groups in total. The number of para-hydroxylation sites is 1. The maximum absolute atomic E-state index is 13.0. The molecular weight excluding hydrogens is 382 g/mol. The van der Waals surface area contributed by atoms with Gasteiger partial charge in [-0.05, 0) is 48.6 Å². The van der Waals surface area contributed by atoms with Crippen LogP contribution in [-0.2, 0) is 9.59 Å². The number of thiocarbonyl (C=S) groups is 1. The molecule has 1 fully saturated rings. The summed E-state index contributed by atoms with van der Waals surface area (Å²) in [6.45, 7) is 0. The van der Waals surface area contributed by atoms with Gasteiger partial charge in [-0.3, -0.25) is 24.8 Å². The number of amides is 2. The number of aromatic nitrogens is 1. The van der Waals surface area contributed by atoms with Gasteiger partial charge in [0.05, 0.1) is 11.2 Å². The average Bonchev–Trinajstić information content (AvgIpc) is 2.66. The summed E-state index contributed by atoms with van der Waals surface area (Å²) in [5.41, 5.74) is 1.89. The number of pyridine rings is 1. The minimum Gasteiger partial charge on any atom is -0.298 e. The van der Waals surface area contributed by atoms with Crippen molar-refractivity contribution in [2.75, 3.05) is 4.90 Å². The molecule has 0 spiro atoms. The quantitative estimate of drug-likeness (QED) is 0.409. The summed E-state index contributed by atoms with van der Waals surface area (Å²) in [6.07, 6.45) is 3.21. The van der Waals surface area contributed by atoms with E-state index in [4.69, 9.17) is 23.8 Å². The SMILES string of the molecule is O=C1NC(=S)N(c2ccc(Cl)cc2)C(=O)/C1=C\c1cccc2cccnc12. The van der Waals surface area contributed by atoms with E-state index >= 15 is 0 Å². The van der Waals surface area contributed by atoms with Crippen molar-refractivity contribution in [3.63, 3.8) is 0 Å². The van der Waals surface area contributed by atoms with Gasteiger partial charge in [0.1, 0.15) is 5.57 Å². The topological polar surface area (TPSA) is 62.3 Å². The molecule has 7 heteroatoms. The minimum absolute atomic E-state index is 0.0169. The highest BCUT2D eigenvalue weighted by molar-refractivity contribution is 7.80. The van der Waals surface area contributed by atoms with Gasteiger partial charge in [0.25, 0.3) is 11.8 Å². The van der Waals surface area contributed by atoms with Crippen molar-refractivity contribution in [3.05, 3.63) is 77.0 Å². The lowest BCUT2D eigenvalue weighted by Gasteiger charge is -2.29. The molecule has 1 aromatic heterocycles. The van der Waals surface area contributed by atoms with Gasteiger partial charge in [0.2, 0.25) is 0 Å². The molecule has 0 atom stereocenters. The van der Waals surface area contributed by atoms with Crippen LogP contribution in [0, 0.1) is 0 Å². The van der Waals surface area contributed by atoms with Crippen molar-refractivity contribution in [2.24, 2.45) is 0 Å². The number of benzene rings is 2. The van der Waals surface area contributed by atoms with Crippen LogP contribution in [0.5, 0.6) is 0 Å². The van der Waals surface area contributed by atoms with Crippen LogP contribution >= 0.6 is 23.8 Å². The number of halogens is 1. The van der Waals surface area contributed by atoms with Crippen LogP contribution < -0.4 is 10.2 Å². The van der Waals surface area contributed by atoms with Gasteiger partial charge in [0, 0.05) is 22.2 Å². The third kappa shape index (κ3) is 3.20. The van der Waals surface area contributed by atoms with E-state index in [-0.39, 0.29) is 10.7 Å². The zero-order chi connectivity index (χ0) is 19.0. The Balaban J connectivity index is 1.80. The number of nitrogens with one attached hydrogen (secondary N) is 1. The molecule has 1 aliphatic heterocycles. The van der Waals surface area contributed by atoms with Crippen molar-refractivity contribution >= 4 is 63.4 Å². The van der Waals surface area contributed by atoms with Crippen LogP contribution in [0.4, 0.5) is 5.69 Å². The second kappa shape index (κ2) is 6.90. The van der Waals surface area contributed by atoms with Gasteiger partial charge >= 0.3 is 0 Å². The molecule has 4 rings (SSSR count). The van der Waals surface area contributed by atoms with Gasteiger partial charge in [0.15, 0.2) is 5.11 Å². The highest BCUT2D eigenvalue weighted by atomic mass is 35.5. The number of fused-ring (bicyclic) bond motifs is 1. The molecule has 1 saturated heterocycles. The first-order valence-corrected chi connectivity index (χ1v) is 8.84. The molecule has 132 valence electrons. The number of rotatable bonds is 2. The van der Waals surface area contributed by atoms with Crippen LogP contribution in [-0.4, -0.2) is 21.9 Å². The second-order valence-corrected chi connectivity index (χ2v) is 6.68. The van der Waals surface area contributed by atoms with Gasteiger partial charge in [-0.1, -0.05) is 35.9 Å². The Labute approximate surface area is 165 Å². The van der Waals surface area contributed by atoms with Crippen molar-refractivity contribution < 1.29 is 9.59 Å². The van der Waals surface area contributed by atoms with Gasteiger partial charge in [-0.15, -0.1) is 0 Å². The second-order valence-electron chi connectivity index (χ2n) is 5.86. The Morgan fingerprint density at radius 2 is 1.78 bits per heavy atom. The van der Waals surface area contributed by atoms with Gasteiger partial charge in [-0.2, -0.15) is 0 Å². The number of hydrogen-bond acceptors (Lipinski definition) is 4. The molecule has 0 radical (unpaired) electrons. The fourth-order valence-corrected chi connectivity index (χ4v) is 3.29. The predicted octanol–water partition coefficient (Wildman–Crippen LogP) is 3.72. The lowest BCUT2D eigenvalue weighted by molar-refractivity contribution is -0.122. The molecule has 2 amide bonds. The zero-order valence-corrected chi connectivity index (χ0v) is 15.4. The summed E-state index contributed by atoms with van der Waals surface area (Å²) in [4.78, 5) is 31.1. The maximum atomic E-state index is 13.0. The molecule has 2 heterocycles. The van der Waals surface area contributed by atoms with E-state index in [1.54, 1.807) is 30.5 Å². The summed E-state index contributed by atoms with van der Waals surface area (Å²) in [7, 11) is 0. The van der Waals surface area contributed by atoms with Crippen molar-refractivity contribution in [3.8, 4) is 0 Å². The Morgan fingerprint density at radius 3 is 2.56 bits per heavy atom. The number of nitrogens with zero attached hydrogens (tertiary/aromatic N) is 2. The first-order valence-electron chi connectivity index (χ1n) is 8.05. The maximum Gasteiger partial charge on any atom is 0.270 e. The first-order chi connectivity index (χ1) is 13.0. The smallest absolute Gasteiger partial charge is 0.270 e. The van der Waals surface area contributed by atoms with Crippen molar-refractivity contribution in [2.45, 2.75) is 0 Å². The Morgan fingerprint density at radius 1 is 1.04 bits per heavy atom. The van der Waals surface area contributed by atoms with Crippen LogP contribution in [0.3, 0.4) is 0 Å². The summed E-state index contributed by atoms with van der Waals surface area (Å²) < 4.78 is 0. The minimum atomic E-state index is -0.539. The van der Waals surface area contributed by atoms with Crippen LogP contribution in [0.1, 0.15) is 5.56 Å². The first kappa shape index (κ1) is 17.3. The fraction of sp³-hybridized carbons (Fsp3) is 0. The van der Waals surface area contributed by atoms with E-state index in [9.17, 15) is 9.59 Å². The van der Waals surface area contributed by atoms with Crippen molar-refractivity contribution in [1.82, 2.24) is 10.3 Å². The normalized spacial score (nSPS) is 16.1. The molecular formula is C20H12ClN3O2S. The molecule has 0 saturated carbocycles. The molecule has 1 aliphatic rings. The summed E-state index contributed by atoms with van der Waals surface area (Å²) >= 11 is 11.1. The van der Waals surface area contributed by atoms with Crippen LogP contribution in [0.2, 0.25) is 5.02 Å². The third-order valence-electron chi connectivity index (χ3n) is 4.15. The van der Waals surface area contributed by atoms with E-state index < -0.39 is 11.8 Å². The molecule has 27 heavy (non-hydrogen) atoms. The van der Waals surface area contributed by atoms with Gasteiger partial charge < -0.3 is 0 Å². The van der Waals surface area contributed by atoms with E-state index in [2.05, 4.69) is 10.3 Å². The van der Waals surface area contributed by atoms with Crippen LogP contribution in [0.15, 0.2) is 66.4 Å². The molecule has 0 unspecified atom stereocenters. The van der Waals surface area contributed by atoms with Crippen LogP contribution in [0.25, 0.3) is 17.0 Å². The lowest BCUT2D eigenvalue weighted by atomic mass is 10.0. The summed E-state index contributed by atoms with van der Waals surface area (Å²) in [5, 5.41) is 4.05. The number of carbonyl (C=O) groups excluding carboxylic acids is 2. The summed E-state index contributed by atoms with van der Waals surface area (Å²) in [6, 6.07) is 16.0. The number of hydrogen-bond donors (Lipinski definition) is 1. The number of carbonyl (C=O) groups is 2. The van der Waals surface area contributed by atoms with E-state index in [1.165, 1.54) is 11.0 Å².